The monoisotopic (exact) mass is 255 g/mol. The molecular weight excluding hydrogens is 230 g/mol. The van der Waals surface area contributed by atoms with E-state index in [0.717, 1.165) is 32.1 Å². The van der Waals surface area contributed by atoms with Crippen molar-refractivity contribution in [3.05, 3.63) is 0 Å². The van der Waals surface area contributed by atoms with Gasteiger partial charge in [-0.15, -0.1) is 0 Å². The summed E-state index contributed by atoms with van der Waals surface area (Å²) in [4.78, 5) is 25.6. The van der Waals surface area contributed by atoms with E-state index in [-0.39, 0.29) is 23.9 Å². The molecule has 0 saturated carbocycles. The number of likely N-dealkylation sites (tertiary alicyclic amines) is 1. The Morgan fingerprint density at radius 3 is 2.78 bits per heavy atom. The van der Waals surface area contributed by atoms with Crippen LogP contribution in [0.15, 0.2) is 0 Å². The Morgan fingerprint density at radius 1 is 1.44 bits per heavy atom. The van der Waals surface area contributed by atoms with Crippen molar-refractivity contribution in [1.29, 1.82) is 0 Å². The molecule has 0 radical (unpaired) electrons. The van der Waals surface area contributed by atoms with Gasteiger partial charge in [-0.3, -0.25) is 9.59 Å². The maximum atomic E-state index is 12.1. The Bertz CT molecular complexity index is 292. The molecule has 0 bridgehead atoms. The zero-order valence-electron chi connectivity index (χ0n) is 11.4. The van der Waals surface area contributed by atoms with Crippen LogP contribution >= 0.6 is 0 Å². The van der Waals surface area contributed by atoms with Gasteiger partial charge in [0.25, 0.3) is 0 Å². The van der Waals surface area contributed by atoms with E-state index in [1.165, 1.54) is 0 Å². The van der Waals surface area contributed by atoms with Gasteiger partial charge in [0.2, 0.25) is 11.8 Å². The highest BCUT2D eigenvalue weighted by Crippen LogP contribution is 2.19. The highest BCUT2D eigenvalue weighted by molar-refractivity contribution is 5.87. The zero-order chi connectivity index (χ0) is 13.5. The van der Waals surface area contributed by atoms with E-state index in [1.54, 1.807) is 11.9 Å². The van der Waals surface area contributed by atoms with E-state index in [4.69, 9.17) is 5.73 Å². The van der Waals surface area contributed by atoms with Crippen LogP contribution in [0.25, 0.3) is 0 Å². The smallest absolute Gasteiger partial charge is 0.242 e. The van der Waals surface area contributed by atoms with Crippen molar-refractivity contribution in [3.8, 4) is 0 Å². The van der Waals surface area contributed by atoms with Crippen LogP contribution in [-0.4, -0.2) is 42.4 Å². The van der Waals surface area contributed by atoms with Crippen LogP contribution in [0.1, 0.15) is 45.4 Å². The summed E-state index contributed by atoms with van der Waals surface area (Å²) in [5, 5.41) is 2.64. The zero-order valence-corrected chi connectivity index (χ0v) is 11.4. The summed E-state index contributed by atoms with van der Waals surface area (Å²) in [6, 6.07) is -0.138. The lowest BCUT2D eigenvalue weighted by Gasteiger charge is -2.34. The fraction of sp³-hybridized carbons (Fsp3) is 0.846. The molecule has 0 aliphatic carbocycles. The maximum Gasteiger partial charge on any atom is 0.242 e. The van der Waals surface area contributed by atoms with E-state index >= 15 is 0 Å². The van der Waals surface area contributed by atoms with Crippen LogP contribution in [0.3, 0.4) is 0 Å². The molecule has 0 aromatic rings. The number of nitrogens with one attached hydrogen (secondary N) is 1. The standard InChI is InChI=1S/C13H25N3O2/c1-10(14)6-5-8-12(17)16-9-4-3-7-11(16)13(18)15-2/h10-11H,3-9,14H2,1-2H3,(H,15,18). The number of nitrogens with two attached hydrogens (primary N) is 1. The van der Waals surface area contributed by atoms with Gasteiger partial charge in [-0.05, 0) is 39.0 Å². The molecule has 0 aromatic carbocycles. The van der Waals surface area contributed by atoms with Gasteiger partial charge in [-0.1, -0.05) is 0 Å². The van der Waals surface area contributed by atoms with Crippen molar-refractivity contribution in [2.75, 3.05) is 13.6 Å². The van der Waals surface area contributed by atoms with Crippen molar-refractivity contribution in [2.45, 2.75) is 57.5 Å². The average molecular weight is 255 g/mol. The summed E-state index contributed by atoms with van der Waals surface area (Å²) >= 11 is 0. The maximum absolute atomic E-state index is 12.1. The number of carbonyl (C=O) groups excluding carboxylic acids is 2. The molecule has 0 spiro atoms. The van der Waals surface area contributed by atoms with Gasteiger partial charge >= 0.3 is 0 Å². The number of hydrogen-bond acceptors (Lipinski definition) is 3. The van der Waals surface area contributed by atoms with E-state index in [1.807, 2.05) is 6.92 Å². The number of amides is 2. The summed E-state index contributed by atoms with van der Waals surface area (Å²) in [6.45, 7) is 2.65. The number of likely N-dealkylation sites (N-methyl/N-ethyl adjacent to an activating group) is 1. The quantitative estimate of drug-likeness (QED) is 0.756. The molecule has 5 nitrogen and oxygen atoms in total. The summed E-state index contributed by atoms with van der Waals surface area (Å²) in [6.07, 6.45) is 4.93. The average Bonchev–Trinajstić information content (AvgIpc) is 2.37. The van der Waals surface area contributed by atoms with Crippen LogP contribution < -0.4 is 11.1 Å². The van der Waals surface area contributed by atoms with Crippen LogP contribution in [0.4, 0.5) is 0 Å². The number of piperidine rings is 1. The number of carbonyl (C=O) groups is 2. The van der Waals surface area contributed by atoms with Gasteiger partial charge in [0.05, 0.1) is 0 Å². The second-order valence-electron chi connectivity index (χ2n) is 5.08. The molecule has 18 heavy (non-hydrogen) atoms. The van der Waals surface area contributed by atoms with E-state index < -0.39 is 0 Å². The Morgan fingerprint density at radius 2 is 2.17 bits per heavy atom. The largest absolute Gasteiger partial charge is 0.357 e. The van der Waals surface area contributed by atoms with Gasteiger partial charge in [-0.2, -0.15) is 0 Å². The van der Waals surface area contributed by atoms with Gasteiger partial charge in [0, 0.05) is 26.1 Å². The van der Waals surface area contributed by atoms with Crippen molar-refractivity contribution in [3.63, 3.8) is 0 Å². The van der Waals surface area contributed by atoms with Crippen LogP contribution in [0.5, 0.6) is 0 Å². The van der Waals surface area contributed by atoms with E-state index in [2.05, 4.69) is 5.32 Å². The summed E-state index contributed by atoms with van der Waals surface area (Å²) in [5.74, 6) is 0.0409. The molecule has 1 aliphatic heterocycles. The van der Waals surface area contributed by atoms with Gasteiger partial charge < -0.3 is 16.0 Å². The molecule has 104 valence electrons. The van der Waals surface area contributed by atoms with Crippen LogP contribution in [0.2, 0.25) is 0 Å². The molecule has 0 aromatic heterocycles. The van der Waals surface area contributed by atoms with E-state index in [9.17, 15) is 9.59 Å². The van der Waals surface area contributed by atoms with Crippen molar-refractivity contribution in [1.82, 2.24) is 10.2 Å². The van der Waals surface area contributed by atoms with Crippen LogP contribution in [0, 0.1) is 0 Å². The molecule has 1 heterocycles. The first-order valence-corrected chi connectivity index (χ1v) is 6.83. The Balaban J connectivity index is 2.49. The highest BCUT2D eigenvalue weighted by atomic mass is 16.2. The Labute approximate surface area is 109 Å². The lowest BCUT2D eigenvalue weighted by atomic mass is 10.0. The predicted octanol–water partition coefficient (Wildman–Crippen LogP) is 0.631. The highest BCUT2D eigenvalue weighted by Gasteiger charge is 2.30. The van der Waals surface area contributed by atoms with E-state index in [0.29, 0.717) is 13.0 Å². The number of hydrogen-bond donors (Lipinski definition) is 2. The molecule has 1 saturated heterocycles. The van der Waals surface area contributed by atoms with Gasteiger partial charge in [0.15, 0.2) is 0 Å². The first-order valence-electron chi connectivity index (χ1n) is 6.83. The second-order valence-corrected chi connectivity index (χ2v) is 5.08. The molecule has 1 rings (SSSR count). The van der Waals surface area contributed by atoms with Crippen molar-refractivity contribution < 1.29 is 9.59 Å². The molecule has 2 unspecified atom stereocenters. The number of nitrogens with zero attached hydrogens (tertiary/aromatic N) is 1. The normalized spacial score (nSPS) is 21.5. The molecule has 5 heteroatoms. The van der Waals surface area contributed by atoms with Crippen molar-refractivity contribution in [2.24, 2.45) is 5.73 Å². The third kappa shape index (κ3) is 4.29. The minimum atomic E-state index is -0.272. The summed E-state index contributed by atoms with van der Waals surface area (Å²) in [7, 11) is 1.62. The summed E-state index contributed by atoms with van der Waals surface area (Å²) in [5.41, 5.74) is 5.67. The second kappa shape index (κ2) is 7.36. The lowest BCUT2D eigenvalue weighted by molar-refractivity contribution is -0.142. The third-order valence-corrected chi connectivity index (χ3v) is 3.42. The van der Waals surface area contributed by atoms with Crippen molar-refractivity contribution >= 4 is 11.8 Å². The number of rotatable bonds is 5. The molecular formula is C13H25N3O2. The molecule has 3 N–H and O–H groups in total. The molecule has 2 amide bonds. The van der Waals surface area contributed by atoms with Gasteiger partial charge in [-0.25, -0.2) is 0 Å². The predicted molar refractivity (Wildman–Crippen MR) is 70.9 cm³/mol. The first kappa shape index (κ1) is 15.0. The third-order valence-electron chi connectivity index (χ3n) is 3.42. The molecule has 1 aliphatic rings. The fourth-order valence-electron chi connectivity index (χ4n) is 2.39. The van der Waals surface area contributed by atoms with Crippen LogP contribution in [-0.2, 0) is 9.59 Å². The first-order chi connectivity index (χ1) is 8.56. The molecule has 1 fully saturated rings. The minimum absolute atomic E-state index is 0.0461. The topological polar surface area (TPSA) is 75.4 Å². The Hall–Kier alpha value is -1.10. The summed E-state index contributed by atoms with van der Waals surface area (Å²) < 4.78 is 0. The lowest BCUT2D eigenvalue weighted by Crippen LogP contribution is -2.51. The molecule has 2 atom stereocenters. The Kier molecular flexibility index (Phi) is 6.12. The fourth-order valence-corrected chi connectivity index (χ4v) is 2.39. The van der Waals surface area contributed by atoms with Gasteiger partial charge in [0.1, 0.15) is 6.04 Å². The minimum Gasteiger partial charge on any atom is -0.357 e. The SMILES string of the molecule is CNC(=O)C1CCCCN1C(=O)CCCC(C)N.